The van der Waals surface area contributed by atoms with E-state index < -0.39 is 0 Å². The zero-order valence-electron chi connectivity index (χ0n) is 10.0. The van der Waals surface area contributed by atoms with Crippen LogP contribution in [0, 0.1) is 5.41 Å². The van der Waals surface area contributed by atoms with Crippen LogP contribution >= 0.6 is 0 Å². The second kappa shape index (κ2) is 4.81. The summed E-state index contributed by atoms with van der Waals surface area (Å²) in [4.78, 5) is 4.21. The zero-order chi connectivity index (χ0) is 11.5. The summed E-state index contributed by atoms with van der Waals surface area (Å²) in [7, 11) is 1.75. The molecule has 0 bridgehead atoms. The van der Waals surface area contributed by atoms with E-state index in [2.05, 4.69) is 29.6 Å². The molecule has 0 amide bonds. The SMILES string of the molecule is CCN=C(NN)NC1CC(OC)C1(C)C. The minimum Gasteiger partial charge on any atom is -0.381 e. The van der Waals surface area contributed by atoms with Gasteiger partial charge in [0.15, 0.2) is 0 Å². The van der Waals surface area contributed by atoms with Gasteiger partial charge in [-0.2, -0.15) is 0 Å². The molecular formula is C10H22N4O. The van der Waals surface area contributed by atoms with Gasteiger partial charge < -0.3 is 10.1 Å². The third-order valence-corrected chi connectivity index (χ3v) is 3.23. The van der Waals surface area contributed by atoms with E-state index in [4.69, 9.17) is 10.6 Å². The molecule has 1 aliphatic rings. The van der Waals surface area contributed by atoms with E-state index >= 15 is 0 Å². The minimum atomic E-state index is 0.125. The molecule has 0 heterocycles. The molecule has 1 aliphatic carbocycles. The molecule has 15 heavy (non-hydrogen) atoms. The van der Waals surface area contributed by atoms with Gasteiger partial charge >= 0.3 is 0 Å². The Balaban J connectivity index is 2.51. The molecule has 2 unspecified atom stereocenters. The number of hydrazine groups is 1. The molecule has 5 heteroatoms. The number of guanidine groups is 1. The molecule has 5 nitrogen and oxygen atoms in total. The van der Waals surface area contributed by atoms with E-state index in [9.17, 15) is 0 Å². The molecule has 0 spiro atoms. The van der Waals surface area contributed by atoms with Crippen LogP contribution < -0.4 is 16.6 Å². The molecule has 0 saturated heterocycles. The maximum atomic E-state index is 5.38. The van der Waals surface area contributed by atoms with Gasteiger partial charge in [-0.25, -0.2) is 5.84 Å². The van der Waals surface area contributed by atoms with Crippen LogP contribution in [0.15, 0.2) is 4.99 Å². The van der Waals surface area contributed by atoms with Crippen molar-refractivity contribution in [3.63, 3.8) is 0 Å². The predicted octanol–water partition coefficient (Wildman–Crippen LogP) is 0.229. The third-order valence-electron chi connectivity index (χ3n) is 3.23. The van der Waals surface area contributed by atoms with Gasteiger partial charge in [0.2, 0.25) is 5.96 Å². The predicted molar refractivity (Wildman–Crippen MR) is 61.4 cm³/mol. The molecule has 1 fully saturated rings. The summed E-state index contributed by atoms with van der Waals surface area (Å²) in [5.74, 6) is 6.02. The lowest BCUT2D eigenvalue weighted by Gasteiger charge is -2.51. The lowest BCUT2D eigenvalue weighted by molar-refractivity contribution is -0.0922. The Morgan fingerprint density at radius 2 is 2.27 bits per heavy atom. The van der Waals surface area contributed by atoms with Crippen LogP contribution in [-0.2, 0) is 4.74 Å². The van der Waals surface area contributed by atoms with Crippen molar-refractivity contribution in [1.29, 1.82) is 0 Å². The number of methoxy groups -OCH3 is 1. The van der Waals surface area contributed by atoms with E-state index in [0.717, 1.165) is 6.42 Å². The van der Waals surface area contributed by atoms with Gasteiger partial charge in [-0.15, -0.1) is 0 Å². The third kappa shape index (κ3) is 2.41. The summed E-state index contributed by atoms with van der Waals surface area (Å²) in [6.07, 6.45) is 1.31. The van der Waals surface area contributed by atoms with Crippen molar-refractivity contribution in [2.24, 2.45) is 16.3 Å². The van der Waals surface area contributed by atoms with E-state index in [-0.39, 0.29) is 5.41 Å². The Kier molecular flexibility index (Phi) is 3.93. The highest BCUT2D eigenvalue weighted by atomic mass is 16.5. The van der Waals surface area contributed by atoms with Crippen LogP contribution in [0.1, 0.15) is 27.2 Å². The van der Waals surface area contributed by atoms with Crippen molar-refractivity contribution in [2.45, 2.75) is 39.3 Å². The van der Waals surface area contributed by atoms with Crippen molar-refractivity contribution in [2.75, 3.05) is 13.7 Å². The molecule has 0 radical (unpaired) electrons. The highest BCUT2D eigenvalue weighted by molar-refractivity contribution is 5.79. The average molecular weight is 214 g/mol. The number of nitrogens with two attached hydrogens (primary N) is 1. The Bertz CT molecular complexity index is 240. The molecule has 2 atom stereocenters. The smallest absolute Gasteiger partial charge is 0.205 e. The number of hydrogen-bond donors (Lipinski definition) is 3. The molecule has 0 aliphatic heterocycles. The molecule has 0 aromatic carbocycles. The van der Waals surface area contributed by atoms with Crippen LogP contribution in [0.3, 0.4) is 0 Å². The average Bonchev–Trinajstić information content (AvgIpc) is 2.21. The topological polar surface area (TPSA) is 71.7 Å². The number of aliphatic imine (C=N–C) groups is 1. The summed E-state index contributed by atoms with van der Waals surface area (Å²) >= 11 is 0. The maximum absolute atomic E-state index is 5.38. The summed E-state index contributed by atoms with van der Waals surface area (Å²) in [6, 6.07) is 0.365. The fourth-order valence-corrected chi connectivity index (χ4v) is 1.99. The Morgan fingerprint density at radius 3 is 2.67 bits per heavy atom. The number of nitrogens with one attached hydrogen (secondary N) is 2. The van der Waals surface area contributed by atoms with Crippen LogP contribution in [-0.4, -0.2) is 31.8 Å². The highest BCUT2D eigenvalue weighted by Gasteiger charge is 2.48. The van der Waals surface area contributed by atoms with E-state index in [0.29, 0.717) is 24.7 Å². The van der Waals surface area contributed by atoms with Crippen LogP contribution in [0.25, 0.3) is 0 Å². The summed E-state index contributed by atoms with van der Waals surface area (Å²) in [6.45, 7) is 7.06. The van der Waals surface area contributed by atoms with Gasteiger partial charge in [-0.1, -0.05) is 13.8 Å². The Hall–Kier alpha value is -0.810. The standard InChI is InChI=1S/C10H22N4O/c1-5-12-9(14-11)13-7-6-8(15-4)10(7,2)3/h7-8H,5-6,11H2,1-4H3,(H2,12,13,14). The van der Waals surface area contributed by atoms with Gasteiger partial charge in [-0.3, -0.25) is 10.4 Å². The van der Waals surface area contributed by atoms with Crippen molar-refractivity contribution in [3.05, 3.63) is 0 Å². The molecule has 4 N–H and O–H groups in total. The summed E-state index contributed by atoms with van der Waals surface area (Å²) < 4.78 is 5.38. The quantitative estimate of drug-likeness (QED) is 0.272. The minimum absolute atomic E-state index is 0.125. The lowest BCUT2D eigenvalue weighted by Crippen LogP contribution is -2.63. The van der Waals surface area contributed by atoms with Crippen LogP contribution in [0.5, 0.6) is 0 Å². The van der Waals surface area contributed by atoms with Crippen molar-refractivity contribution >= 4 is 5.96 Å². The first-order valence-electron chi connectivity index (χ1n) is 5.36. The van der Waals surface area contributed by atoms with Crippen molar-refractivity contribution in [3.8, 4) is 0 Å². The lowest BCUT2D eigenvalue weighted by atomic mass is 9.64. The van der Waals surface area contributed by atoms with Gasteiger partial charge in [0.1, 0.15) is 0 Å². The Morgan fingerprint density at radius 1 is 1.60 bits per heavy atom. The Labute approximate surface area is 91.4 Å². The number of ether oxygens (including phenoxy) is 1. The van der Waals surface area contributed by atoms with Crippen molar-refractivity contribution in [1.82, 2.24) is 10.7 Å². The number of nitrogens with zero attached hydrogens (tertiary/aromatic N) is 1. The second-order valence-corrected chi connectivity index (χ2v) is 4.45. The highest BCUT2D eigenvalue weighted by Crippen LogP contribution is 2.42. The molecule has 88 valence electrons. The molecule has 1 saturated carbocycles. The van der Waals surface area contributed by atoms with Gasteiger partial charge in [0, 0.05) is 25.1 Å². The van der Waals surface area contributed by atoms with Gasteiger partial charge in [0.25, 0.3) is 0 Å². The van der Waals surface area contributed by atoms with Crippen LogP contribution in [0.4, 0.5) is 0 Å². The number of rotatable bonds is 3. The summed E-state index contributed by atoms with van der Waals surface area (Å²) in [5.41, 5.74) is 2.70. The fourth-order valence-electron chi connectivity index (χ4n) is 1.99. The van der Waals surface area contributed by atoms with E-state index in [1.54, 1.807) is 7.11 Å². The normalized spacial score (nSPS) is 29.5. The van der Waals surface area contributed by atoms with Crippen LogP contribution in [0.2, 0.25) is 0 Å². The molecule has 1 rings (SSSR count). The summed E-state index contributed by atoms with van der Waals surface area (Å²) in [5, 5.41) is 3.29. The first-order chi connectivity index (χ1) is 7.06. The zero-order valence-corrected chi connectivity index (χ0v) is 10.0. The van der Waals surface area contributed by atoms with E-state index in [1.165, 1.54) is 0 Å². The number of hydrogen-bond acceptors (Lipinski definition) is 3. The second-order valence-electron chi connectivity index (χ2n) is 4.45. The first kappa shape index (κ1) is 12.3. The fraction of sp³-hybridized carbons (Fsp3) is 0.900. The monoisotopic (exact) mass is 214 g/mol. The van der Waals surface area contributed by atoms with Gasteiger partial charge in [0.05, 0.1) is 6.10 Å². The largest absolute Gasteiger partial charge is 0.381 e. The molecule has 0 aromatic rings. The van der Waals surface area contributed by atoms with E-state index in [1.807, 2.05) is 6.92 Å². The van der Waals surface area contributed by atoms with Crippen molar-refractivity contribution < 1.29 is 4.74 Å². The van der Waals surface area contributed by atoms with Gasteiger partial charge in [-0.05, 0) is 13.3 Å². The molecule has 0 aromatic heterocycles. The first-order valence-corrected chi connectivity index (χ1v) is 5.36. The molecular weight excluding hydrogens is 192 g/mol. The maximum Gasteiger partial charge on any atom is 0.205 e.